The molecule has 0 radical (unpaired) electrons. The number of ether oxygens (including phenoxy) is 1. The number of carboxylic acids is 1. The Kier molecular flexibility index (Phi) is 10.6. The Morgan fingerprint density at radius 3 is 2.74 bits per heavy atom. The monoisotopic (exact) mass is 378 g/mol. The fourth-order valence-corrected chi connectivity index (χ4v) is 3.10. The van der Waals surface area contributed by atoms with E-state index in [1.807, 2.05) is 19.9 Å². The van der Waals surface area contributed by atoms with E-state index in [4.69, 9.17) is 9.84 Å². The molecule has 0 aromatic heterocycles. The molecule has 0 aromatic carbocycles. The van der Waals surface area contributed by atoms with Crippen molar-refractivity contribution in [3.8, 4) is 0 Å². The Morgan fingerprint density at radius 2 is 2.07 bits per heavy atom. The lowest BCUT2D eigenvalue weighted by Gasteiger charge is -2.29. The van der Waals surface area contributed by atoms with Crippen molar-refractivity contribution in [2.75, 3.05) is 13.2 Å². The van der Waals surface area contributed by atoms with E-state index in [2.05, 4.69) is 44.2 Å². The van der Waals surface area contributed by atoms with Crippen LogP contribution in [0, 0.1) is 23.2 Å². The van der Waals surface area contributed by atoms with Crippen LogP contribution in [0.2, 0.25) is 0 Å². The quantitative estimate of drug-likeness (QED) is 0.350. The minimum atomic E-state index is -0.732. The third-order valence-corrected chi connectivity index (χ3v) is 4.95. The molecule has 0 saturated carbocycles. The molecule has 0 spiro atoms. The van der Waals surface area contributed by atoms with Gasteiger partial charge in [-0.25, -0.2) is 0 Å². The molecule has 4 heteroatoms. The van der Waals surface area contributed by atoms with Crippen LogP contribution in [0.15, 0.2) is 36.5 Å². The predicted molar refractivity (Wildman–Crippen MR) is 111 cm³/mol. The van der Waals surface area contributed by atoms with Crippen LogP contribution in [-0.2, 0) is 9.53 Å². The summed E-state index contributed by atoms with van der Waals surface area (Å²) in [7, 11) is 0. The largest absolute Gasteiger partial charge is 0.481 e. The van der Waals surface area contributed by atoms with Gasteiger partial charge < -0.3 is 14.9 Å². The summed E-state index contributed by atoms with van der Waals surface area (Å²) in [6.07, 6.45) is 16.0. The lowest BCUT2D eigenvalue weighted by atomic mass is 9.85. The first-order chi connectivity index (χ1) is 12.7. The van der Waals surface area contributed by atoms with E-state index >= 15 is 0 Å². The highest BCUT2D eigenvalue weighted by Crippen LogP contribution is 2.31. The second-order valence-electron chi connectivity index (χ2n) is 8.72. The molecule has 154 valence electrons. The van der Waals surface area contributed by atoms with E-state index < -0.39 is 12.1 Å². The summed E-state index contributed by atoms with van der Waals surface area (Å²) in [5, 5.41) is 19.2. The number of carbonyl (C=O) groups is 1. The van der Waals surface area contributed by atoms with E-state index in [1.165, 1.54) is 0 Å². The van der Waals surface area contributed by atoms with Crippen molar-refractivity contribution in [2.24, 2.45) is 23.2 Å². The van der Waals surface area contributed by atoms with Crippen LogP contribution in [0.1, 0.15) is 59.8 Å². The summed E-state index contributed by atoms with van der Waals surface area (Å²) in [4.78, 5) is 10.5. The van der Waals surface area contributed by atoms with E-state index in [1.54, 1.807) is 0 Å². The lowest BCUT2D eigenvalue weighted by molar-refractivity contribution is -0.137. The molecule has 0 saturated heterocycles. The first kappa shape index (κ1) is 23.6. The molecule has 0 bridgehead atoms. The smallest absolute Gasteiger partial charge is 0.303 e. The topological polar surface area (TPSA) is 66.8 Å². The zero-order valence-electron chi connectivity index (χ0n) is 17.4. The van der Waals surface area contributed by atoms with Gasteiger partial charge in [0.25, 0.3) is 0 Å². The molecule has 4 nitrogen and oxygen atoms in total. The van der Waals surface area contributed by atoms with Gasteiger partial charge in [-0.1, -0.05) is 64.2 Å². The first-order valence-electron chi connectivity index (χ1n) is 10.2. The molecular formula is C23H38O4. The Bertz CT molecular complexity index is 516. The number of hydrogen-bond donors (Lipinski definition) is 2. The van der Waals surface area contributed by atoms with Crippen LogP contribution in [0.3, 0.4) is 0 Å². The number of hydrogen-bond acceptors (Lipinski definition) is 3. The zero-order chi connectivity index (χ0) is 20.3. The van der Waals surface area contributed by atoms with Crippen LogP contribution in [0.4, 0.5) is 0 Å². The van der Waals surface area contributed by atoms with Crippen LogP contribution >= 0.6 is 0 Å². The summed E-state index contributed by atoms with van der Waals surface area (Å²) < 4.78 is 5.72. The average Bonchev–Trinajstić information content (AvgIpc) is 3.02. The van der Waals surface area contributed by atoms with Crippen molar-refractivity contribution >= 4 is 5.97 Å². The lowest BCUT2D eigenvalue weighted by Crippen LogP contribution is -2.33. The molecule has 0 aromatic rings. The molecule has 1 aliphatic rings. The Hall–Kier alpha value is -1.39. The Morgan fingerprint density at radius 1 is 1.33 bits per heavy atom. The van der Waals surface area contributed by atoms with Crippen LogP contribution < -0.4 is 0 Å². The van der Waals surface area contributed by atoms with Gasteiger partial charge in [-0.15, -0.1) is 0 Å². The van der Waals surface area contributed by atoms with Gasteiger partial charge in [0.2, 0.25) is 0 Å². The molecule has 0 aliphatic heterocycles. The van der Waals surface area contributed by atoms with Crippen molar-refractivity contribution in [2.45, 2.75) is 65.9 Å². The predicted octanol–water partition coefficient (Wildman–Crippen LogP) is 5.00. The number of carboxylic acid groups (broad SMARTS) is 1. The number of aliphatic carboxylic acids is 1. The number of allylic oxidation sites excluding steroid dienone is 5. The molecule has 2 N–H and O–H groups in total. The normalized spacial score (nSPS) is 21.7. The molecular weight excluding hydrogens is 340 g/mol. The Balaban J connectivity index is 2.42. The number of aliphatic hydroxyl groups is 1. The molecule has 0 fully saturated rings. The van der Waals surface area contributed by atoms with Gasteiger partial charge in [0.15, 0.2) is 0 Å². The molecule has 1 aliphatic carbocycles. The molecule has 27 heavy (non-hydrogen) atoms. The van der Waals surface area contributed by atoms with E-state index in [9.17, 15) is 9.90 Å². The second-order valence-corrected chi connectivity index (χ2v) is 8.72. The summed E-state index contributed by atoms with van der Waals surface area (Å²) in [6.45, 7) is 9.56. The van der Waals surface area contributed by atoms with Crippen LogP contribution in [-0.4, -0.2) is 35.5 Å². The first-order valence-corrected chi connectivity index (χ1v) is 10.2. The van der Waals surface area contributed by atoms with Gasteiger partial charge in [0.1, 0.15) is 0 Å². The molecule has 0 heterocycles. The SMILES string of the molecule is CC(C)COCC(C)(C)C(O)C=C[C@H]1C=CC[C@@H]1CC=CCCCC(=O)O. The average molecular weight is 379 g/mol. The highest BCUT2D eigenvalue weighted by atomic mass is 16.5. The maximum Gasteiger partial charge on any atom is 0.303 e. The fraction of sp³-hybridized carbons (Fsp3) is 0.696. The summed E-state index contributed by atoms with van der Waals surface area (Å²) in [5.41, 5.74) is -0.312. The van der Waals surface area contributed by atoms with Crippen LogP contribution in [0.5, 0.6) is 0 Å². The summed E-state index contributed by atoms with van der Waals surface area (Å²) >= 11 is 0. The standard InChI is InChI=1S/C23H38O4/c1-18(2)16-27-17-23(3,4)21(24)15-14-20-12-9-11-19(20)10-7-5-6-8-13-22(25)26/h5,7,9,12,14-15,18-21,24H,6,8,10-11,13,16-17H2,1-4H3,(H,25,26)/t19-,20+,21?/m0/s1. The summed E-state index contributed by atoms with van der Waals surface area (Å²) in [5.74, 6) is 0.625. The number of unbranched alkanes of at least 4 members (excludes halogenated alkanes) is 1. The van der Waals surface area contributed by atoms with Crippen LogP contribution in [0.25, 0.3) is 0 Å². The second kappa shape index (κ2) is 12.1. The third-order valence-electron chi connectivity index (χ3n) is 4.95. The van der Waals surface area contributed by atoms with Gasteiger partial charge in [-0.2, -0.15) is 0 Å². The van der Waals surface area contributed by atoms with Gasteiger partial charge in [-0.3, -0.25) is 4.79 Å². The Labute approximate surface area is 165 Å². The van der Waals surface area contributed by atoms with Crippen molar-refractivity contribution in [1.82, 2.24) is 0 Å². The van der Waals surface area contributed by atoms with E-state index in [0.717, 1.165) is 19.3 Å². The van der Waals surface area contributed by atoms with Gasteiger partial charge in [0, 0.05) is 18.4 Å². The van der Waals surface area contributed by atoms with Crippen molar-refractivity contribution < 1.29 is 19.7 Å². The number of rotatable bonds is 13. The highest BCUT2D eigenvalue weighted by Gasteiger charge is 2.27. The van der Waals surface area contributed by atoms with E-state index in [-0.39, 0.29) is 11.8 Å². The van der Waals surface area contributed by atoms with Gasteiger partial charge >= 0.3 is 5.97 Å². The van der Waals surface area contributed by atoms with Crippen molar-refractivity contribution in [3.05, 3.63) is 36.5 Å². The maximum atomic E-state index is 10.6. The van der Waals surface area contributed by atoms with Crippen molar-refractivity contribution in [1.29, 1.82) is 0 Å². The summed E-state index contributed by atoms with van der Waals surface area (Å²) in [6, 6.07) is 0. The molecule has 0 amide bonds. The third kappa shape index (κ3) is 9.92. The van der Waals surface area contributed by atoms with Gasteiger partial charge in [0.05, 0.1) is 12.7 Å². The minimum absolute atomic E-state index is 0.231. The van der Waals surface area contributed by atoms with E-state index in [0.29, 0.717) is 37.4 Å². The number of aliphatic hydroxyl groups excluding tert-OH is 1. The zero-order valence-corrected chi connectivity index (χ0v) is 17.4. The maximum absolute atomic E-state index is 10.6. The highest BCUT2D eigenvalue weighted by molar-refractivity contribution is 5.66. The molecule has 1 unspecified atom stereocenters. The fourth-order valence-electron chi connectivity index (χ4n) is 3.10. The van der Waals surface area contributed by atoms with Crippen molar-refractivity contribution in [3.63, 3.8) is 0 Å². The molecule has 1 rings (SSSR count). The molecule has 3 atom stereocenters. The minimum Gasteiger partial charge on any atom is -0.481 e. The van der Waals surface area contributed by atoms with Gasteiger partial charge in [-0.05, 0) is 43.4 Å².